The lowest BCUT2D eigenvalue weighted by atomic mass is 9.68. The monoisotopic (exact) mass is 364 g/mol. The highest BCUT2D eigenvalue weighted by Gasteiger charge is 2.43. The van der Waals surface area contributed by atoms with Gasteiger partial charge in [0.1, 0.15) is 0 Å². The zero-order valence-electron chi connectivity index (χ0n) is 15.1. The molecule has 1 aromatic carbocycles. The Bertz CT molecular complexity index is 741. The number of nitrogens with one attached hydrogen (secondary N) is 2. The van der Waals surface area contributed by atoms with Crippen LogP contribution < -0.4 is 10.0 Å². The van der Waals surface area contributed by atoms with E-state index in [2.05, 4.69) is 21.9 Å². The van der Waals surface area contributed by atoms with Crippen LogP contribution in [0.5, 0.6) is 0 Å². The fraction of sp³-hybridized carbons (Fsp3) is 0.611. The average Bonchev–Trinajstić information content (AvgIpc) is 3.05. The fourth-order valence-electron chi connectivity index (χ4n) is 3.72. The molecule has 0 aromatic heterocycles. The first kappa shape index (κ1) is 18.2. The van der Waals surface area contributed by atoms with Gasteiger partial charge < -0.3 is 10.2 Å². The molecule has 6 nitrogen and oxygen atoms in total. The fourth-order valence-corrected chi connectivity index (χ4v) is 4.52. The molecule has 0 bridgehead atoms. The Balaban J connectivity index is 1.73. The lowest BCUT2D eigenvalue weighted by Crippen LogP contribution is -2.42. The summed E-state index contributed by atoms with van der Waals surface area (Å²) in [5, 5.41) is 3.38. The zero-order valence-corrected chi connectivity index (χ0v) is 15.9. The van der Waals surface area contributed by atoms with Gasteiger partial charge in [-0.15, -0.1) is 0 Å². The summed E-state index contributed by atoms with van der Waals surface area (Å²) in [5.41, 5.74) is 1.42. The standard InChI is InChI=1S/C18H28N4O2S/c1-3-20-17(22-11-10-18(14-22)8-5-9-18)21-13-15-6-4-7-16(12-15)25(23,24)19-2/h4,6-7,12,19H,3,5,8-11,13-14H2,1-2H3,(H,20,21). The minimum Gasteiger partial charge on any atom is -0.357 e. The van der Waals surface area contributed by atoms with Crippen molar-refractivity contribution in [1.82, 2.24) is 14.9 Å². The van der Waals surface area contributed by atoms with Crippen LogP contribution in [0.2, 0.25) is 0 Å². The van der Waals surface area contributed by atoms with E-state index < -0.39 is 10.0 Å². The topological polar surface area (TPSA) is 73.8 Å². The Hall–Kier alpha value is -1.60. The molecule has 1 heterocycles. The highest BCUT2D eigenvalue weighted by molar-refractivity contribution is 7.89. The molecule has 0 unspecified atom stereocenters. The van der Waals surface area contributed by atoms with Gasteiger partial charge in [0.05, 0.1) is 11.4 Å². The van der Waals surface area contributed by atoms with Gasteiger partial charge in [-0.05, 0) is 56.3 Å². The first-order valence-corrected chi connectivity index (χ1v) is 10.5. The summed E-state index contributed by atoms with van der Waals surface area (Å²) >= 11 is 0. The number of aliphatic imine (C=N–C) groups is 1. The zero-order chi connectivity index (χ0) is 17.9. The molecule has 2 aliphatic rings. The molecule has 1 saturated heterocycles. The van der Waals surface area contributed by atoms with Crippen LogP contribution in [0.1, 0.15) is 38.2 Å². The predicted molar refractivity (Wildman–Crippen MR) is 100.0 cm³/mol. The minimum absolute atomic E-state index is 0.280. The van der Waals surface area contributed by atoms with Crippen LogP contribution in [0.3, 0.4) is 0 Å². The Morgan fingerprint density at radius 1 is 1.32 bits per heavy atom. The van der Waals surface area contributed by atoms with Crippen molar-refractivity contribution in [3.8, 4) is 0 Å². The summed E-state index contributed by atoms with van der Waals surface area (Å²) < 4.78 is 26.2. The van der Waals surface area contributed by atoms with E-state index in [1.54, 1.807) is 18.2 Å². The summed E-state index contributed by atoms with van der Waals surface area (Å²) in [6.07, 6.45) is 5.29. The number of guanidine groups is 1. The molecule has 1 saturated carbocycles. The number of nitrogens with zero attached hydrogens (tertiary/aromatic N) is 2. The van der Waals surface area contributed by atoms with E-state index in [1.807, 2.05) is 6.07 Å². The van der Waals surface area contributed by atoms with E-state index in [0.717, 1.165) is 31.2 Å². The lowest BCUT2D eigenvalue weighted by Gasteiger charge is -2.38. The molecule has 25 heavy (non-hydrogen) atoms. The summed E-state index contributed by atoms with van der Waals surface area (Å²) in [6, 6.07) is 6.97. The second-order valence-corrected chi connectivity index (χ2v) is 8.94. The summed E-state index contributed by atoms with van der Waals surface area (Å²) in [6.45, 7) is 5.52. The van der Waals surface area contributed by atoms with E-state index in [0.29, 0.717) is 12.0 Å². The average molecular weight is 365 g/mol. The number of hydrogen-bond donors (Lipinski definition) is 2. The summed E-state index contributed by atoms with van der Waals surface area (Å²) in [4.78, 5) is 7.39. The molecule has 2 N–H and O–H groups in total. The van der Waals surface area contributed by atoms with Crippen LogP contribution in [-0.4, -0.2) is 46.0 Å². The number of benzene rings is 1. The third-order valence-electron chi connectivity index (χ3n) is 5.38. The third-order valence-corrected chi connectivity index (χ3v) is 6.79. The van der Waals surface area contributed by atoms with Crippen LogP contribution >= 0.6 is 0 Å². The van der Waals surface area contributed by atoms with Crippen molar-refractivity contribution < 1.29 is 8.42 Å². The van der Waals surface area contributed by atoms with E-state index in [1.165, 1.54) is 32.7 Å². The lowest BCUT2D eigenvalue weighted by molar-refractivity contribution is 0.151. The van der Waals surface area contributed by atoms with Gasteiger partial charge in [0, 0.05) is 19.6 Å². The molecule has 1 aliphatic heterocycles. The van der Waals surface area contributed by atoms with Gasteiger partial charge in [0.25, 0.3) is 0 Å². The molecule has 1 spiro atoms. The molecule has 2 fully saturated rings. The van der Waals surface area contributed by atoms with Crippen LogP contribution in [-0.2, 0) is 16.6 Å². The minimum atomic E-state index is -3.42. The maximum absolute atomic E-state index is 11.9. The van der Waals surface area contributed by atoms with Crippen LogP contribution in [0, 0.1) is 5.41 Å². The number of sulfonamides is 1. The molecular weight excluding hydrogens is 336 g/mol. The van der Waals surface area contributed by atoms with E-state index in [4.69, 9.17) is 4.99 Å². The first-order chi connectivity index (χ1) is 12.0. The quantitative estimate of drug-likeness (QED) is 0.619. The number of likely N-dealkylation sites (tertiary alicyclic amines) is 1. The normalized spacial score (nSPS) is 19.9. The molecule has 1 aliphatic carbocycles. The van der Waals surface area contributed by atoms with Gasteiger partial charge >= 0.3 is 0 Å². The Morgan fingerprint density at radius 2 is 2.12 bits per heavy atom. The molecule has 0 radical (unpaired) electrons. The summed E-state index contributed by atoms with van der Waals surface area (Å²) in [5.74, 6) is 0.938. The van der Waals surface area contributed by atoms with Crippen LogP contribution in [0.4, 0.5) is 0 Å². The van der Waals surface area contributed by atoms with Crippen molar-refractivity contribution >= 4 is 16.0 Å². The smallest absolute Gasteiger partial charge is 0.240 e. The third kappa shape index (κ3) is 3.98. The summed E-state index contributed by atoms with van der Waals surface area (Å²) in [7, 11) is -2.00. The van der Waals surface area contributed by atoms with Crippen molar-refractivity contribution in [2.75, 3.05) is 26.7 Å². The van der Waals surface area contributed by atoms with Gasteiger partial charge in [0.15, 0.2) is 5.96 Å². The Morgan fingerprint density at radius 3 is 2.72 bits per heavy atom. The highest BCUT2D eigenvalue weighted by Crippen LogP contribution is 2.47. The maximum Gasteiger partial charge on any atom is 0.240 e. The molecule has 1 aromatic rings. The van der Waals surface area contributed by atoms with Crippen molar-refractivity contribution in [3.63, 3.8) is 0 Å². The molecule has 7 heteroatoms. The van der Waals surface area contributed by atoms with Gasteiger partial charge in [0.2, 0.25) is 10.0 Å². The van der Waals surface area contributed by atoms with E-state index in [-0.39, 0.29) is 4.90 Å². The molecule has 3 rings (SSSR count). The number of rotatable bonds is 5. The first-order valence-electron chi connectivity index (χ1n) is 9.04. The van der Waals surface area contributed by atoms with Gasteiger partial charge in [-0.3, -0.25) is 0 Å². The van der Waals surface area contributed by atoms with Crippen molar-refractivity contribution in [1.29, 1.82) is 0 Å². The van der Waals surface area contributed by atoms with Crippen molar-refractivity contribution in [2.24, 2.45) is 10.4 Å². The SMILES string of the molecule is CCNC(=NCc1cccc(S(=O)(=O)NC)c1)N1CCC2(CCC2)C1. The van der Waals surface area contributed by atoms with E-state index in [9.17, 15) is 8.42 Å². The number of hydrogen-bond acceptors (Lipinski definition) is 3. The molecule has 138 valence electrons. The molecular formula is C18H28N4O2S. The highest BCUT2D eigenvalue weighted by atomic mass is 32.2. The van der Waals surface area contributed by atoms with E-state index >= 15 is 0 Å². The van der Waals surface area contributed by atoms with Gasteiger partial charge in [-0.2, -0.15) is 0 Å². The molecule has 0 amide bonds. The Kier molecular flexibility index (Phi) is 5.34. The van der Waals surface area contributed by atoms with Crippen molar-refractivity contribution in [2.45, 2.75) is 44.0 Å². The van der Waals surface area contributed by atoms with Gasteiger partial charge in [-0.1, -0.05) is 18.6 Å². The largest absolute Gasteiger partial charge is 0.357 e. The van der Waals surface area contributed by atoms with Crippen molar-refractivity contribution in [3.05, 3.63) is 29.8 Å². The second kappa shape index (κ2) is 7.33. The maximum atomic E-state index is 11.9. The predicted octanol–water partition coefficient (Wildman–Crippen LogP) is 1.94. The van der Waals surface area contributed by atoms with Crippen LogP contribution in [0.15, 0.2) is 34.2 Å². The Labute approximate surface area is 150 Å². The van der Waals surface area contributed by atoms with Crippen LogP contribution in [0.25, 0.3) is 0 Å². The molecule has 0 atom stereocenters. The van der Waals surface area contributed by atoms with Gasteiger partial charge in [-0.25, -0.2) is 18.1 Å². The second-order valence-electron chi connectivity index (χ2n) is 7.05.